The Morgan fingerprint density at radius 2 is 1.39 bits per heavy atom. The molecule has 0 aliphatic rings. The molecule has 0 saturated heterocycles. The van der Waals surface area contributed by atoms with Crippen molar-refractivity contribution in [2.45, 2.75) is 13.2 Å². The quantitative estimate of drug-likeness (QED) is 0.449. The van der Waals surface area contributed by atoms with Gasteiger partial charge in [-0.2, -0.15) is 5.10 Å². The molecule has 4 rings (SSSR count). The van der Waals surface area contributed by atoms with Crippen molar-refractivity contribution in [1.29, 1.82) is 0 Å². The maximum atomic E-state index is 12.8. The second-order valence-corrected chi connectivity index (χ2v) is 7.07. The van der Waals surface area contributed by atoms with E-state index in [1.165, 1.54) is 0 Å². The Balaban J connectivity index is 1.53. The summed E-state index contributed by atoms with van der Waals surface area (Å²) in [6, 6.07) is 26.7. The van der Waals surface area contributed by atoms with E-state index in [1.54, 1.807) is 42.2 Å². The molecule has 6 nitrogen and oxygen atoms in total. The molecule has 0 spiro atoms. The van der Waals surface area contributed by atoms with Gasteiger partial charge in [-0.1, -0.05) is 60.7 Å². The Morgan fingerprint density at radius 1 is 0.839 bits per heavy atom. The van der Waals surface area contributed by atoms with Crippen LogP contribution in [0.15, 0.2) is 91.1 Å². The number of carbonyl (C=O) groups is 1. The van der Waals surface area contributed by atoms with Gasteiger partial charge < -0.3 is 14.8 Å². The largest absolute Gasteiger partial charge is 0.489 e. The van der Waals surface area contributed by atoms with Crippen molar-refractivity contribution in [3.8, 4) is 11.5 Å². The second kappa shape index (κ2) is 9.63. The summed E-state index contributed by atoms with van der Waals surface area (Å²) in [6.07, 6.45) is 1.77. The molecule has 0 aliphatic carbocycles. The predicted molar refractivity (Wildman–Crippen MR) is 119 cm³/mol. The van der Waals surface area contributed by atoms with Crippen molar-refractivity contribution >= 4 is 11.7 Å². The topological polar surface area (TPSA) is 65.4 Å². The molecular weight excluding hydrogens is 390 g/mol. The number of hydrogen-bond acceptors (Lipinski definition) is 4. The van der Waals surface area contributed by atoms with Crippen molar-refractivity contribution in [1.82, 2.24) is 9.78 Å². The Labute approximate surface area is 181 Å². The summed E-state index contributed by atoms with van der Waals surface area (Å²) in [5.74, 6) is 1.31. The Bertz CT molecular complexity index is 1080. The van der Waals surface area contributed by atoms with Gasteiger partial charge in [0.2, 0.25) is 0 Å². The smallest absolute Gasteiger partial charge is 0.257 e. The van der Waals surface area contributed by atoms with Gasteiger partial charge in [-0.15, -0.1) is 0 Å². The molecule has 0 atom stereocenters. The molecule has 3 aromatic carbocycles. The molecule has 0 aliphatic heterocycles. The van der Waals surface area contributed by atoms with Crippen LogP contribution in [-0.4, -0.2) is 15.7 Å². The Hall–Kier alpha value is -4.06. The summed E-state index contributed by atoms with van der Waals surface area (Å²) < 4.78 is 13.5. The molecule has 1 N–H and O–H groups in total. The van der Waals surface area contributed by atoms with E-state index in [0.717, 1.165) is 11.1 Å². The number of nitrogens with zero attached hydrogens (tertiary/aromatic N) is 2. The van der Waals surface area contributed by atoms with Gasteiger partial charge in [-0.05, 0) is 23.3 Å². The SMILES string of the molecule is Cn1ccc(NC(=O)c2cc(OCc3ccccc3)cc(OCc3ccccc3)c2)n1. The van der Waals surface area contributed by atoms with Crippen molar-refractivity contribution in [3.63, 3.8) is 0 Å². The van der Waals surface area contributed by atoms with Crippen LogP contribution in [0.4, 0.5) is 5.82 Å². The average Bonchev–Trinajstić information content (AvgIpc) is 3.22. The van der Waals surface area contributed by atoms with E-state index in [9.17, 15) is 4.79 Å². The van der Waals surface area contributed by atoms with Crippen LogP contribution < -0.4 is 14.8 Å². The van der Waals surface area contributed by atoms with Crippen LogP contribution in [0.25, 0.3) is 0 Å². The van der Waals surface area contributed by atoms with Crippen LogP contribution in [0.1, 0.15) is 21.5 Å². The van der Waals surface area contributed by atoms with Gasteiger partial charge in [0.15, 0.2) is 5.82 Å². The number of aromatic nitrogens is 2. The number of rotatable bonds is 8. The monoisotopic (exact) mass is 413 g/mol. The lowest BCUT2D eigenvalue weighted by Gasteiger charge is -2.13. The number of aryl methyl sites for hydroxylation is 1. The number of benzene rings is 3. The molecule has 6 heteroatoms. The number of amides is 1. The highest BCUT2D eigenvalue weighted by molar-refractivity contribution is 6.04. The molecule has 4 aromatic rings. The summed E-state index contributed by atoms with van der Waals surface area (Å²) in [4.78, 5) is 12.8. The summed E-state index contributed by atoms with van der Waals surface area (Å²) in [7, 11) is 1.79. The van der Waals surface area contributed by atoms with E-state index in [-0.39, 0.29) is 5.91 Å². The van der Waals surface area contributed by atoms with Crippen LogP contribution in [0, 0.1) is 0 Å². The van der Waals surface area contributed by atoms with E-state index in [2.05, 4.69) is 10.4 Å². The third-order valence-corrected chi connectivity index (χ3v) is 4.59. The van der Waals surface area contributed by atoms with E-state index >= 15 is 0 Å². The van der Waals surface area contributed by atoms with E-state index in [4.69, 9.17) is 9.47 Å². The summed E-state index contributed by atoms with van der Waals surface area (Å²) in [6.45, 7) is 0.786. The zero-order valence-electron chi connectivity index (χ0n) is 17.2. The van der Waals surface area contributed by atoms with Crippen LogP contribution in [0.3, 0.4) is 0 Å². The van der Waals surface area contributed by atoms with Gasteiger partial charge in [-0.25, -0.2) is 0 Å². The molecule has 1 aromatic heterocycles. The molecule has 0 unspecified atom stereocenters. The van der Waals surface area contributed by atoms with Crippen molar-refractivity contribution in [2.24, 2.45) is 7.05 Å². The minimum absolute atomic E-state index is 0.284. The van der Waals surface area contributed by atoms with Crippen molar-refractivity contribution < 1.29 is 14.3 Å². The third kappa shape index (κ3) is 5.73. The fourth-order valence-corrected chi connectivity index (χ4v) is 3.02. The Morgan fingerprint density at radius 3 is 1.87 bits per heavy atom. The highest BCUT2D eigenvalue weighted by Gasteiger charge is 2.12. The van der Waals surface area contributed by atoms with Gasteiger partial charge in [0.05, 0.1) is 0 Å². The number of anilines is 1. The zero-order valence-corrected chi connectivity index (χ0v) is 17.2. The highest BCUT2D eigenvalue weighted by atomic mass is 16.5. The van der Waals surface area contributed by atoms with Gasteiger partial charge in [0.1, 0.15) is 24.7 Å². The highest BCUT2D eigenvalue weighted by Crippen LogP contribution is 2.25. The second-order valence-electron chi connectivity index (χ2n) is 7.07. The number of hydrogen-bond donors (Lipinski definition) is 1. The maximum absolute atomic E-state index is 12.8. The predicted octanol–water partition coefficient (Wildman–Crippen LogP) is 4.83. The molecule has 156 valence electrons. The molecule has 31 heavy (non-hydrogen) atoms. The third-order valence-electron chi connectivity index (χ3n) is 4.59. The van der Waals surface area contributed by atoms with E-state index < -0.39 is 0 Å². The lowest BCUT2D eigenvalue weighted by molar-refractivity contribution is 0.102. The average molecular weight is 413 g/mol. The van der Waals surface area contributed by atoms with Crippen LogP contribution in [0.2, 0.25) is 0 Å². The first kappa shape index (κ1) is 20.2. The van der Waals surface area contributed by atoms with Crippen LogP contribution >= 0.6 is 0 Å². The van der Waals surface area contributed by atoms with Gasteiger partial charge in [-0.3, -0.25) is 9.48 Å². The van der Waals surface area contributed by atoms with Crippen LogP contribution in [-0.2, 0) is 20.3 Å². The van der Waals surface area contributed by atoms with Crippen molar-refractivity contribution in [2.75, 3.05) is 5.32 Å². The standard InChI is InChI=1S/C25H23N3O3/c1-28-13-12-24(27-28)26-25(29)21-14-22(30-17-19-8-4-2-5-9-19)16-23(15-21)31-18-20-10-6-3-7-11-20/h2-16H,17-18H2,1H3,(H,26,27,29). The lowest BCUT2D eigenvalue weighted by Crippen LogP contribution is -2.13. The number of nitrogens with one attached hydrogen (secondary N) is 1. The fourth-order valence-electron chi connectivity index (χ4n) is 3.02. The molecule has 0 bridgehead atoms. The minimum Gasteiger partial charge on any atom is -0.489 e. The summed E-state index contributed by atoms with van der Waals surface area (Å²) >= 11 is 0. The molecule has 0 saturated carbocycles. The number of ether oxygens (including phenoxy) is 2. The molecule has 1 amide bonds. The van der Waals surface area contributed by atoms with Gasteiger partial charge in [0.25, 0.3) is 5.91 Å². The zero-order chi connectivity index (χ0) is 21.5. The molecule has 0 fully saturated rings. The number of carbonyl (C=O) groups excluding carboxylic acids is 1. The maximum Gasteiger partial charge on any atom is 0.257 e. The molecule has 0 radical (unpaired) electrons. The van der Waals surface area contributed by atoms with E-state index in [1.807, 2.05) is 60.7 Å². The van der Waals surface area contributed by atoms with Gasteiger partial charge in [0, 0.05) is 30.9 Å². The first-order chi connectivity index (χ1) is 15.2. The molecular formula is C25H23N3O3. The normalized spacial score (nSPS) is 10.5. The Kier molecular flexibility index (Phi) is 6.28. The van der Waals surface area contributed by atoms with Gasteiger partial charge >= 0.3 is 0 Å². The summed E-state index contributed by atoms with van der Waals surface area (Å²) in [5, 5.41) is 6.99. The van der Waals surface area contributed by atoms with E-state index in [0.29, 0.717) is 36.1 Å². The summed E-state index contributed by atoms with van der Waals surface area (Å²) in [5.41, 5.74) is 2.51. The lowest BCUT2D eigenvalue weighted by atomic mass is 10.1. The first-order valence-corrected chi connectivity index (χ1v) is 9.95. The fraction of sp³-hybridized carbons (Fsp3) is 0.120. The van der Waals surface area contributed by atoms with Crippen molar-refractivity contribution in [3.05, 3.63) is 108 Å². The molecule has 1 heterocycles. The minimum atomic E-state index is -0.284. The first-order valence-electron chi connectivity index (χ1n) is 9.95. The van der Waals surface area contributed by atoms with Crippen LogP contribution in [0.5, 0.6) is 11.5 Å².